The summed E-state index contributed by atoms with van der Waals surface area (Å²) in [5, 5.41) is 11.2. The Morgan fingerprint density at radius 1 is 1.29 bits per heavy atom. The second-order valence-electron chi connectivity index (χ2n) is 7.49. The molecule has 0 saturated carbocycles. The largest absolute Gasteiger partial charge is 0.357 e. The van der Waals surface area contributed by atoms with Crippen LogP contribution in [0.25, 0.3) is 0 Å². The van der Waals surface area contributed by atoms with Crippen LogP contribution in [0.5, 0.6) is 0 Å². The normalized spacial score (nSPS) is 13.0. The van der Waals surface area contributed by atoms with Gasteiger partial charge in [0.1, 0.15) is 12.2 Å². The molecule has 0 radical (unpaired) electrons. The average Bonchev–Trinajstić information content (AvgIpc) is 3.03. The van der Waals surface area contributed by atoms with E-state index in [0.29, 0.717) is 13.1 Å². The fourth-order valence-corrected chi connectivity index (χ4v) is 2.95. The lowest BCUT2D eigenvalue weighted by molar-refractivity contribution is 0.353. The van der Waals surface area contributed by atoms with E-state index in [2.05, 4.69) is 77.6 Å². The second kappa shape index (κ2) is 11.4. The van der Waals surface area contributed by atoms with Crippen molar-refractivity contribution >= 4 is 29.9 Å². The Labute approximate surface area is 186 Å². The zero-order valence-corrected chi connectivity index (χ0v) is 20.1. The second-order valence-corrected chi connectivity index (χ2v) is 7.49. The predicted molar refractivity (Wildman–Crippen MR) is 126 cm³/mol. The highest BCUT2D eigenvalue weighted by Crippen LogP contribution is 2.16. The minimum atomic E-state index is -0.137. The van der Waals surface area contributed by atoms with Crippen molar-refractivity contribution in [3.8, 4) is 0 Å². The van der Waals surface area contributed by atoms with E-state index in [0.717, 1.165) is 18.3 Å². The zero-order chi connectivity index (χ0) is 19.9. The van der Waals surface area contributed by atoms with Gasteiger partial charge in [0.05, 0.1) is 13.1 Å². The fraction of sp³-hybridized carbons (Fsp3) is 0.550. The van der Waals surface area contributed by atoms with E-state index in [1.165, 1.54) is 5.56 Å². The van der Waals surface area contributed by atoms with E-state index in [9.17, 15) is 0 Å². The number of hydrogen-bond acceptors (Lipinski definition) is 4. The number of halogens is 1. The van der Waals surface area contributed by atoms with E-state index in [-0.39, 0.29) is 35.6 Å². The van der Waals surface area contributed by atoms with Crippen LogP contribution >= 0.6 is 24.0 Å². The Balaban J connectivity index is 0.00000392. The van der Waals surface area contributed by atoms with Crippen LogP contribution < -0.4 is 10.6 Å². The maximum atomic E-state index is 4.85. The van der Waals surface area contributed by atoms with Gasteiger partial charge in [0.2, 0.25) is 0 Å². The van der Waals surface area contributed by atoms with Crippen LogP contribution in [0.1, 0.15) is 45.1 Å². The van der Waals surface area contributed by atoms with Gasteiger partial charge in [0, 0.05) is 32.2 Å². The molecule has 0 spiro atoms. The van der Waals surface area contributed by atoms with Crippen molar-refractivity contribution in [3.63, 3.8) is 0 Å². The fourth-order valence-electron chi connectivity index (χ4n) is 2.95. The third-order valence-corrected chi connectivity index (χ3v) is 4.41. The molecule has 0 bridgehead atoms. The van der Waals surface area contributed by atoms with Crippen molar-refractivity contribution in [2.24, 2.45) is 12.0 Å². The Bertz CT molecular complexity index is 727. The minimum Gasteiger partial charge on any atom is -0.357 e. The third kappa shape index (κ3) is 7.38. The van der Waals surface area contributed by atoms with Crippen LogP contribution in [-0.2, 0) is 13.6 Å². The lowest BCUT2D eigenvalue weighted by Gasteiger charge is -2.30. The quantitative estimate of drug-likeness (QED) is 0.332. The van der Waals surface area contributed by atoms with Gasteiger partial charge in [-0.1, -0.05) is 30.3 Å². The predicted octanol–water partition coefficient (Wildman–Crippen LogP) is 2.96. The summed E-state index contributed by atoms with van der Waals surface area (Å²) < 4.78 is 1.78. The topological polar surface area (TPSA) is 70.4 Å². The number of rotatable bonds is 8. The molecule has 0 aliphatic rings. The van der Waals surface area contributed by atoms with Crippen LogP contribution in [-0.4, -0.2) is 51.3 Å². The van der Waals surface area contributed by atoms with Gasteiger partial charge in [0.25, 0.3) is 0 Å². The highest BCUT2D eigenvalue weighted by molar-refractivity contribution is 14.0. The van der Waals surface area contributed by atoms with Crippen LogP contribution in [0, 0.1) is 0 Å². The number of aryl methyl sites for hydroxylation is 1. The molecule has 1 heterocycles. The Kier molecular flexibility index (Phi) is 9.88. The van der Waals surface area contributed by atoms with Gasteiger partial charge in [-0.3, -0.25) is 9.67 Å². The zero-order valence-electron chi connectivity index (χ0n) is 17.8. The van der Waals surface area contributed by atoms with Gasteiger partial charge in [-0.05, 0) is 33.3 Å². The van der Waals surface area contributed by atoms with Gasteiger partial charge < -0.3 is 15.5 Å². The average molecular weight is 499 g/mol. The van der Waals surface area contributed by atoms with Crippen molar-refractivity contribution in [1.29, 1.82) is 0 Å². The maximum Gasteiger partial charge on any atom is 0.194 e. The molecule has 0 saturated heterocycles. The molecular formula is C20H34IN7. The molecule has 2 N–H and O–H groups in total. The summed E-state index contributed by atoms with van der Waals surface area (Å²) in [4.78, 5) is 11.2. The molecule has 0 aliphatic heterocycles. The lowest BCUT2D eigenvalue weighted by Crippen LogP contribution is -2.45. The minimum absolute atomic E-state index is 0. The first-order chi connectivity index (χ1) is 12.8. The van der Waals surface area contributed by atoms with E-state index in [1.807, 2.05) is 20.2 Å². The molecule has 8 heteroatoms. The molecule has 1 aromatic heterocycles. The van der Waals surface area contributed by atoms with Crippen molar-refractivity contribution in [1.82, 2.24) is 30.3 Å². The Morgan fingerprint density at radius 3 is 2.54 bits per heavy atom. The standard InChI is InChI=1S/C20H33N7.HI/c1-7-21-19(26(5)13-18-23-15-24-27(18)6)22-14-20(3,4)25-16(2)17-11-9-8-10-12-17;/h8-12,15-16,25H,7,13-14H2,1-6H3,(H,21,22);1H. The number of aliphatic imine (C=N–C) groups is 1. The summed E-state index contributed by atoms with van der Waals surface area (Å²) in [7, 11) is 3.92. The van der Waals surface area contributed by atoms with E-state index in [4.69, 9.17) is 4.99 Å². The third-order valence-electron chi connectivity index (χ3n) is 4.41. The number of nitrogens with zero attached hydrogens (tertiary/aromatic N) is 5. The van der Waals surface area contributed by atoms with E-state index in [1.54, 1.807) is 11.0 Å². The van der Waals surface area contributed by atoms with Gasteiger partial charge in [-0.2, -0.15) is 5.10 Å². The van der Waals surface area contributed by atoms with Crippen LogP contribution in [0.3, 0.4) is 0 Å². The summed E-state index contributed by atoms with van der Waals surface area (Å²) >= 11 is 0. The summed E-state index contributed by atoms with van der Waals surface area (Å²) in [6.45, 7) is 10.8. The molecule has 1 atom stereocenters. The number of aromatic nitrogens is 3. The van der Waals surface area contributed by atoms with Gasteiger partial charge >= 0.3 is 0 Å². The SMILES string of the molecule is CCNC(=NCC(C)(C)NC(C)c1ccccc1)N(C)Cc1ncnn1C.I. The van der Waals surface area contributed by atoms with Crippen LogP contribution in [0.4, 0.5) is 0 Å². The molecule has 1 aromatic carbocycles. The molecule has 0 fully saturated rings. The smallest absolute Gasteiger partial charge is 0.194 e. The highest BCUT2D eigenvalue weighted by atomic mass is 127. The molecular weight excluding hydrogens is 465 g/mol. The Morgan fingerprint density at radius 2 is 1.96 bits per heavy atom. The summed E-state index contributed by atoms with van der Waals surface area (Å²) in [5.74, 6) is 1.76. The first kappa shape index (κ1) is 24.4. The summed E-state index contributed by atoms with van der Waals surface area (Å²) in [6, 6.07) is 10.7. The van der Waals surface area contributed by atoms with Crippen molar-refractivity contribution in [2.75, 3.05) is 20.1 Å². The van der Waals surface area contributed by atoms with Crippen molar-refractivity contribution < 1.29 is 0 Å². The van der Waals surface area contributed by atoms with Gasteiger partial charge in [0.15, 0.2) is 5.96 Å². The van der Waals surface area contributed by atoms with Gasteiger partial charge in [-0.15, -0.1) is 24.0 Å². The first-order valence-corrected chi connectivity index (χ1v) is 9.47. The lowest BCUT2D eigenvalue weighted by atomic mass is 10.0. The number of benzene rings is 1. The van der Waals surface area contributed by atoms with Gasteiger partial charge in [-0.25, -0.2) is 4.98 Å². The number of nitrogens with one attached hydrogen (secondary N) is 2. The summed E-state index contributed by atoms with van der Waals surface area (Å²) in [6.07, 6.45) is 1.57. The van der Waals surface area contributed by atoms with Crippen LogP contribution in [0.15, 0.2) is 41.7 Å². The Hall–Kier alpha value is -1.68. The van der Waals surface area contributed by atoms with E-state index >= 15 is 0 Å². The molecule has 2 rings (SSSR count). The molecule has 156 valence electrons. The van der Waals surface area contributed by atoms with Crippen molar-refractivity contribution in [2.45, 2.75) is 45.8 Å². The van der Waals surface area contributed by atoms with E-state index < -0.39 is 0 Å². The molecule has 2 aromatic rings. The first-order valence-electron chi connectivity index (χ1n) is 9.47. The molecule has 7 nitrogen and oxygen atoms in total. The summed E-state index contributed by atoms with van der Waals surface area (Å²) in [5.41, 5.74) is 1.14. The van der Waals surface area contributed by atoms with Crippen LogP contribution in [0.2, 0.25) is 0 Å². The molecule has 0 aliphatic carbocycles. The maximum absolute atomic E-state index is 4.85. The molecule has 28 heavy (non-hydrogen) atoms. The highest BCUT2D eigenvalue weighted by Gasteiger charge is 2.21. The molecule has 0 amide bonds. The number of hydrogen-bond donors (Lipinski definition) is 2. The number of guanidine groups is 1. The monoisotopic (exact) mass is 499 g/mol. The molecule has 1 unspecified atom stereocenters. The van der Waals surface area contributed by atoms with Crippen molar-refractivity contribution in [3.05, 3.63) is 48.0 Å².